The Kier molecular flexibility index (Phi) is 3.96. The lowest BCUT2D eigenvalue weighted by Gasteiger charge is -2.17. The molecule has 0 aliphatic carbocycles. The Morgan fingerprint density at radius 1 is 1.43 bits per heavy atom. The first kappa shape index (κ1) is 11.1. The number of aryl methyl sites for hydroxylation is 1. The van der Waals surface area contributed by atoms with E-state index < -0.39 is 0 Å². The molecule has 2 N–H and O–H groups in total. The van der Waals surface area contributed by atoms with Crippen LogP contribution in [0.3, 0.4) is 0 Å². The summed E-state index contributed by atoms with van der Waals surface area (Å²) in [4.78, 5) is 0. The molecule has 78 valence electrons. The summed E-state index contributed by atoms with van der Waals surface area (Å²) < 4.78 is 5.35. The van der Waals surface area contributed by atoms with Crippen LogP contribution in [0.25, 0.3) is 0 Å². The minimum Gasteiger partial charge on any atom is -0.496 e. The van der Waals surface area contributed by atoms with Crippen LogP contribution in [0.5, 0.6) is 5.75 Å². The first-order valence-electron chi connectivity index (χ1n) is 5.04. The lowest BCUT2D eigenvalue weighted by Crippen LogP contribution is -2.07. The highest BCUT2D eigenvalue weighted by Crippen LogP contribution is 2.31. The number of hydrogen-bond donors (Lipinski definition) is 1. The molecule has 0 radical (unpaired) electrons. The van der Waals surface area contributed by atoms with Crippen molar-refractivity contribution in [1.29, 1.82) is 0 Å². The monoisotopic (exact) mass is 193 g/mol. The number of rotatable bonds is 4. The van der Waals surface area contributed by atoms with Gasteiger partial charge in [0.1, 0.15) is 5.75 Å². The first-order valence-corrected chi connectivity index (χ1v) is 5.04. The Hall–Kier alpha value is -1.02. The minimum absolute atomic E-state index is 0.469. The van der Waals surface area contributed by atoms with E-state index >= 15 is 0 Å². The van der Waals surface area contributed by atoms with Crippen LogP contribution in [-0.2, 0) is 0 Å². The minimum atomic E-state index is 0.469. The van der Waals surface area contributed by atoms with Crippen molar-refractivity contribution in [2.75, 3.05) is 13.7 Å². The average molecular weight is 193 g/mol. The molecule has 1 unspecified atom stereocenters. The number of methoxy groups -OCH3 is 1. The summed E-state index contributed by atoms with van der Waals surface area (Å²) in [7, 11) is 1.72. The van der Waals surface area contributed by atoms with Crippen LogP contribution in [-0.4, -0.2) is 13.7 Å². The molecular weight excluding hydrogens is 174 g/mol. The molecule has 2 nitrogen and oxygen atoms in total. The van der Waals surface area contributed by atoms with Crippen molar-refractivity contribution in [3.8, 4) is 5.75 Å². The Bertz CT molecular complexity index is 296. The highest BCUT2D eigenvalue weighted by Gasteiger charge is 2.12. The van der Waals surface area contributed by atoms with Crippen LogP contribution >= 0.6 is 0 Å². The van der Waals surface area contributed by atoms with Crippen molar-refractivity contribution in [2.24, 2.45) is 5.73 Å². The van der Waals surface area contributed by atoms with Gasteiger partial charge in [0.25, 0.3) is 0 Å². The van der Waals surface area contributed by atoms with Crippen LogP contribution in [0.2, 0.25) is 0 Å². The molecule has 0 saturated heterocycles. The predicted octanol–water partition coefficient (Wildman–Crippen LogP) is 2.46. The number of benzene rings is 1. The van der Waals surface area contributed by atoms with E-state index in [0.29, 0.717) is 5.92 Å². The highest BCUT2D eigenvalue weighted by atomic mass is 16.5. The van der Waals surface area contributed by atoms with E-state index in [0.717, 1.165) is 18.7 Å². The molecule has 14 heavy (non-hydrogen) atoms. The van der Waals surface area contributed by atoms with Gasteiger partial charge in [0.2, 0.25) is 0 Å². The molecule has 1 aromatic rings. The van der Waals surface area contributed by atoms with Crippen LogP contribution in [0.15, 0.2) is 18.2 Å². The zero-order valence-electron chi connectivity index (χ0n) is 9.21. The van der Waals surface area contributed by atoms with E-state index in [1.807, 2.05) is 12.1 Å². The second-order valence-corrected chi connectivity index (χ2v) is 3.67. The van der Waals surface area contributed by atoms with E-state index in [1.54, 1.807) is 7.11 Å². The fraction of sp³-hybridized carbons (Fsp3) is 0.500. The van der Waals surface area contributed by atoms with Gasteiger partial charge in [-0.1, -0.05) is 19.1 Å². The maximum absolute atomic E-state index is 5.57. The van der Waals surface area contributed by atoms with E-state index in [4.69, 9.17) is 10.5 Å². The van der Waals surface area contributed by atoms with Gasteiger partial charge in [0.05, 0.1) is 7.11 Å². The standard InChI is InChI=1S/C12H19NO/c1-9-5-4-6-11(14-3)12(9)10(2)7-8-13/h4-6,10H,7-8,13H2,1-3H3. The number of nitrogens with two attached hydrogens (primary N) is 1. The maximum Gasteiger partial charge on any atom is 0.122 e. The highest BCUT2D eigenvalue weighted by molar-refractivity contribution is 5.41. The zero-order chi connectivity index (χ0) is 10.6. The van der Waals surface area contributed by atoms with Crippen LogP contribution < -0.4 is 10.5 Å². The fourth-order valence-corrected chi connectivity index (χ4v) is 1.86. The largest absolute Gasteiger partial charge is 0.496 e. The topological polar surface area (TPSA) is 35.2 Å². The van der Waals surface area contributed by atoms with Crippen molar-refractivity contribution >= 4 is 0 Å². The van der Waals surface area contributed by atoms with Crippen molar-refractivity contribution < 1.29 is 4.74 Å². The fourth-order valence-electron chi connectivity index (χ4n) is 1.86. The van der Waals surface area contributed by atoms with Gasteiger partial charge in [0, 0.05) is 0 Å². The molecule has 0 bridgehead atoms. The van der Waals surface area contributed by atoms with Crippen molar-refractivity contribution in [2.45, 2.75) is 26.2 Å². The molecule has 0 saturated carbocycles. The van der Waals surface area contributed by atoms with Gasteiger partial charge in [-0.3, -0.25) is 0 Å². The molecule has 0 heterocycles. The third-order valence-corrected chi connectivity index (χ3v) is 2.60. The molecule has 0 fully saturated rings. The summed E-state index contributed by atoms with van der Waals surface area (Å²) in [5, 5.41) is 0. The Balaban J connectivity index is 3.03. The van der Waals surface area contributed by atoms with Crippen LogP contribution in [0.4, 0.5) is 0 Å². The molecule has 2 heteroatoms. The lowest BCUT2D eigenvalue weighted by atomic mass is 9.93. The molecule has 1 aromatic carbocycles. The second kappa shape index (κ2) is 5.01. The van der Waals surface area contributed by atoms with E-state index in [9.17, 15) is 0 Å². The molecule has 0 aliphatic heterocycles. The van der Waals surface area contributed by atoms with Gasteiger partial charge < -0.3 is 10.5 Å². The maximum atomic E-state index is 5.57. The molecule has 0 aliphatic rings. The molecule has 0 aromatic heterocycles. The van der Waals surface area contributed by atoms with E-state index in [2.05, 4.69) is 19.9 Å². The number of ether oxygens (including phenoxy) is 1. The predicted molar refractivity (Wildman–Crippen MR) is 59.8 cm³/mol. The third-order valence-electron chi connectivity index (χ3n) is 2.60. The van der Waals surface area contributed by atoms with Crippen molar-refractivity contribution in [3.63, 3.8) is 0 Å². The van der Waals surface area contributed by atoms with Gasteiger partial charge in [0.15, 0.2) is 0 Å². The van der Waals surface area contributed by atoms with E-state index in [-0.39, 0.29) is 0 Å². The van der Waals surface area contributed by atoms with Crippen molar-refractivity contribution in [1.82, 2.24) is 0 Å². The first-order chi connectivity index (χ1) is 6.70. The van der Waals surface area contributed by atoms with Gasteiger partial charge in [-0.05, 0) is 43.0 Å². The summed E-state index contributed by atoms with van der Waals surface area (Å²) in [5.74, 6) is 1.45. The van der Waals surface area contributed by atoms with Crippen molar-refractivity contribution in [3.05, 3.63) is 29.3 Å². The summed E-state index contributed by atoms with van der Waals surface area (Å²) in [6.45, 7) is 5.03. The van der Waals surface area contributed by atoms with Gasteiger partial charge in [-0.2, -0.15) is 0 Å². The molecule has 1 atom stereocenters. The van der Waals surface area contributed by atoms with E-state index in [1.165, 1.54) is 11.1 Å². The van der Waals surface area contributed by atoms with Crippen LogP contribution in [0, 0.1) is 6.92 Å². The molecular formula is C12H19NO. The SMILES string of the molecule is COc1cccc(C)c1C(C)CCN. The smallest absolute Gasteiger partial charge is 0.122 e. The summed E-state index contributed by atoms with van der Waals surface area (Å²) >= 11 is 0. The summed E-state index contributed by atoms with van der Waals surface area (Å²) in [6.07, 6.45) is 1.00. The summed E-state index contributed by atoms with van der Waals surface area (Å²) in [6, 6.07) is 6.15. The molecule has 1 rings (SSSR count). The lowest BCUT2D eigenvalue weighted by molar-refractivity contribution is 0.405. The average Bonchev–Trinajstić information content (AvgIpc) is 2.17. The molecule has 0 amide bonds. The van der Waals surface area contributed by atoms with Gasteiger partial charge in [-0.25, -0.2) is 0 Å². The number of hydrogen-bond acceptors (Lipinski definition) is 2. The Morgan fingerprint density at radius 3 is 2.71 bits per heavy atom. The van der Waals surface area contributed by atoms with Gasteiger partial charge in [-0.15, -0.1) is 0 Å². The van der Waals surface area contributed by atoms with Gasteiger partial charge >= 0.3 is 0 Å². The Labute approximate surface area is 86.1 Å². The summed E-state index contributed by atoms with van der Waals surface area (Å²) in [5.41, 5.74) is 8.14. The second-order valence-electron chi connectivity index (χ2n) is 3.67. The van der Waals surface area contributed by atoms with Crippen LogP contribution in [0.1, 0.15) is 30.4 Å². The normalized spacial score (nSPS) is 12.6. The third kappa shape index (κ3) is 2.26. The zero-order valence-corrected chi connectivity index (χ0v) is 9.21. The Morgan fingerprint density at radius 2 is 2.14 bits per heavy atom. The quantitative estimate of drug-likeness (QED) is 0.797. The molecule has 0 spiro atoms.